The molecule has 1 fully saturated rings. The largest absolute Gasteiger partial charge is 0.396 e. The van der Waals surface area contributed by atoms with Gasteiger partial charge in [-0.3, -0.25) is 0 Å². The molecule has 1 aromatic carbocycles. The summed E-state index contributed by atoms with van der Waals surface area (Å²) in [5.41, 5.74) is 2.55. The predicted molar refractivity (Wildman–Crippen MR) is 73.5 cm³/mol. The molecular formula is C15H20N2O. The van der Waals surface area contributed by atoms with Crippen molar-refractivity contribution < 1.29 is 5.11 Å². The topological polar surface area (TPSA) is 39.3 Å². The number of H-pyrrole nitrogens is 1. The fraction of sp³-hybridized carbons (Fsp3) is 0.467. The number of aromatic amines is 1. The van der Waals surface area contributed by atoms with Crippen LogP contribution in [0.3, 0.4) is 0 Å². The van der Waals surface area contributed by atoms with Gasteiger partial charge in [0.15, 0.2) is 0 Å². The number of nitrogens with one attached hydrogen (secondary N) is 1. The molecule has 2 aromatic rings. The van der Waals surface area contributed by atoms with Gasteiger partial charge in [0.25, 0.3) is 0 Å². The smallest absolute Gasteiger partial charge is 0.0505 e. The molecule has 2 N–H and O–H groups in total. The number of nitrogens with zero attached hydrogens (tertiary/aromatic N) is 1. The Hall–Kier alpha value is -1.32. The van der Waals surface area contributed by atoms with Crippen LogP contribution in [-0.2, 0) is 0 Å². The minimum absolute atomic E-state index is 0.0640. The summed E-state index contributed by atoms with van der Waals surface area (Å²) in [4.78, 5) is 5.57. The van der Waals surface area contributed by atoms with Gasteiger partial charge in [0, 0.05) is 28.6 Å². The molecule has 1 atom stereocenters. The molecule has 96 valence electrons. The molecule has 0 saturated heterocycles. The van der Waals surface area contributed by atoms with E-state index in [0.29, 0.717) is 6.04 Å². The number of aliphatic hydroxyl groups is 1. The van der Waals surface area contributed by atoms with Crippen molar-refractivity contribution >= 4 is 10.9 Å². The fourth-order valence-electron chi connectivity index (χ4n) is 3.15. The molecule has 1 saturated carbocycles. The number of para-hydroxylation sites is 1. The van der Waals surface area contributed by atoms with Crippen LogP contribution in [0.4, 0.5) is 0 Å². The van der Waals surface area contributed by atoms with Crippen LogP contribution < -0.4 is 0 Å². The van der Waals surface area contributed by atoms with Gasteiger partial charge in [-0.25, -0.2) is 0 Å². The summed E-state index contributed by atoms with van der Waals surface area (Å²) in [5, 5.41) is 11.0. The summed E-state index contributed by atoms with van der Waals surface area (Å²) in [6, 6.07) is 8.67. The molecule has 0 spiro atoms. The van der Waals surface area contributed by atoms with E-state index in [1.54, 1.807) is 0 Å². The molecule has 0 radical (unpaired) electrons. The number of fused-ring (bicyclic) bond motifs is 1. The summed E-state index contributed by atoms with van der Waals surface area (Å²) in [6.45, 7) is 0.273. The minimum Gasteiger partial charge on any atom is -0.396 e. The van der Waals surface area contributed by atoms with Gasteiger partial charge in [-0.1, -0.05) is 18.2 Å². The van der Waals surface area contributed by atoms with Gasteiger partial charge < -0.3 is 15.0 Å². The van der Waals surface area contributed by atoms with E-state index in [0.717, 1.165) is 12.8 Å². The first-order valence-electron chi connectivity index (χ1n) is 6.51. The molecule has 1 aliphatic carbocycles. The quantitative estimate of drug-likeness (QED) is 0.867. The van der Waals surface area contributed by atoms with Gasteiger partial charge in [0.1, 0.15) is 0 Å². The van der Waals surface area contributed by atoms with E-state index >= 15 is 0 Å². The van der Waals surface area contributed by atoms with E-state index in [2.05, 4.69) is 48.4 Å². The van der Waals surface area contributed by atoms with E-state index in [1.165, 1.54) is 16.5 Å². The monoisotopic (exact) mass is 244 g/mol. The van der Waals surface area contributed by atoms with Crippen molar-refractivity contribution in [2.45, 2.75) is 18.9 Å². The molecule has 3 nitrogen and oxygen atoms in total. The average molecular weight is 244 g/mol. The molecule has 3 heteroatoms. The first-order chi connectivity index (χ1) is 8.68. The summed E-state index contributed by atoms with van der Waals surface area (Å²) >= 11 is 0. The molecule has 1 heterocycles. The Balaban J connectivity index is 2.10. The van der Waals surface area contributed by atoms with Crippen LogP contribution in [0.2, 0.25) is 0 Å². The van der Waals surface area contributed by atoms with Crippen LogP contribution in [0.5, 0.6) is 0 Å². The highest BCUT2D eigenvalue weighted by Gasteiger charge is 2.50. The Bertz CT molecular complexity index is 554. The van der Waals surface area contributed by atoms with E-state index in [1.807, 2.05) is 6.07 Å². The van der Waals surface area contributed by atoms with E-state index in [4.69, 9.17) is 0 Å². The van der Waals surface area contributed by atoms with Crippen LogP contribution in [-0.4, -0.2) is 35.7 Å². The van der Waals surface area contributed by atoms with Crippen LogP contribution in [0.1, 0.15) is 24.4 Å². The zero-order valence-corrected chi connectivity index (χ0v) is 11.0. The third-order valence-electron chi connectivity index (χ3n) is 4.22. The molecule has 1 aromatic heterocycles. The molecule has 0 bridgehead atoms. The standard InChI is InChI=1S/C15H20N2O/c1-17(2)14(15(10-18)7-8-15)12-9-16-13-6-4-3-5-11(12)13/h3-6,9,14,16,18H,7-8,10H2,1-2H3. The van der Waals surface area contributed by atoms with Gasteiger partial charge >= 0.3 is 0 Å². The van der Waals surface area contributed by atoms with Gasteiger partial charge in [-0.2, -0.15) is 0 Å². The maximum atomic E-state index is 9.71. The molecule has 1 unspecified atom stereocenters. The van der Waals surface area contributed by atoms with Crippen LogP contribution in [0.25, 0.3) is 10.9 Å². The van der Waals surface area contributed by atoms with Gasteiger partial charge in [-0.15, -0.1) is 0 Å². The summed E-state index contributed by atoms with van der Waals surface area (Å²) < 4.78 is 0. The first-order valence-corrected chi connectivity index (χ1v) is 6.51. The second kappa shape index (κ2) is 4.11. The number of benzene rings is 1. The third-order valence-corrected chi connectivity index (χ3v) is 4.22. The zero-order valence-electron chi connectivity index (χ0n) is 11.0. The average Bonchev–Trinajstić information content (AvgIpc) is 3.04. The number of hydrogen-bond donors (Lipinski definition) is 2. The number of rotatable bonds is 4. The zero-order chi connectivity index (χ0) is 12.8. The molecule has 0 aliphatic heterocycles. The first kappa shape index (κ1) is 11.8. The minimum atomic E-state index is 0.0640. The van der Waals surface area contributed by atoms with Gasteiger partial charge in [0.05, 0.1) is 6.61 Å². The Kier molecular flexibility index (Phi) is 2.68. The lowest BCUT2D eigenvalue weighted by Crippen LogP contribution is -2.30. The molecule has 0 amide bonds. The van der Waals surface area contributed by atoms with Crippen molar-refractivity contribution in [1.29, 1.82) is 0 Å². The normalized spacial score (nSPS) is 19.3. The van der Waals surface area contributed by atoms with Crippen molar-refractivity contribution in [2.24, 2.45) is 5.41 Å². The lowest BCUT2D eigenvalue weighted by atomic mass is 9.89. The second-order valence-electron chi connectivity index (χ2n) is 5.68. The lowest BCUT2D eigenvalue weighted by molar-refractivity contribution is 0.116. The number of aromatic nitrogens is 1. The summed E-state index contributed by atoms with van der Waals surface area (Å²) in [6.07, 6.45) is 4.34. The Morgan fingerprint density at radius 2 is 2.06 bits per heavy atom. The molecule has 1 aliphatic rings. The fourth-order valence-corrected chi connectivity index (χ4v) is 3.15. The van der Waals surface area contributed by atoms with Gasteiger partial charge in [0.2, 0.25) is 0 Å². The van der Waals surface area contributed by atoms with Crippen molar-refractivity contribution in [3.63, 3.8) is 0 Å². The Morgan fingerprint density at radius 1 is 1.33 bits per heavy atom. The second-order valence-corrected chi connectivity index (χ2v) is 5.68. The Morgan fingerprint density at radius 3 is 2.67 bits per heavy atom. The van der Waals surface area contributed by atoms with E-state index in [-0.39, 0.29) is 12.0 Å². The van der Waals surface area contributed by atoms with E-state index < -0.39 is 0 Å². The summed E-state index contributed by atoms with van der Waals surface area (Å²) in [5.74, 6) is 0. The lowest BCUT2D eigenvalue weighted by Gasteiger charge is -2.31. The van der Waals surface area contributed by atoms with Crippen LogP contribution >= 0.6 is 0 Å². The van der Waals surface area contributed by atoms with Crippen molar-refractivity contribution in [3.05, 3.63) is 36.0 Å². The maximum Gasteiger partial charge on any atom is 0.0505 e. The van der Waals surface area contributed by atoms with Crippen LogP contribution in [0.15, 0.2) is 30.5 Å². The van der Waals surface area contributed by atoms with Gasteiger partial charge in [-0.05, 0) is 38.6 Å². The molecule has 18 heavy (non-hydrogen) atoms. The van der Waals surface area contributed by atoms with Crippen LogP contribution in [0, 0.1) is 5.41 Å². The highest BCUT2D eigenvalue weighted by molar-refractivity contribution is 5.83. The third kappa shape index (κ3) is 1.66. The van der Waals surface area contributed by atoms with Crippen molar-refractivity contribution in [3.8, 4) is 0 Å². The van der Waals surface area contributed by atoms with Crippen molar-refractivity contribution in [2.75, 3.05) is 20.7 Å². The number of aliphatic hydroxyl groups excluding tert-OH is 1. The SMILES string of the molecule is CN(C)C(c1c[nH]c2ccccc12)C1(CO)CC1. The highest BCUT2D eigenvalue weighted by atomic mass is 16.3. The molecular weight excluding hydrogens is 224 g/mol. The van der Waals surface area contributed by atoms with E-state index in [9.17, 15) is 5.11 Å². The summed E-state index contributed by atoms with van der Waals surface area (Å²) in [7, 11) is 4.20. The van der Waals surface area contributed by atoms with Crippen molar-refractivity contribution in [1.82, 2.24) is 9.88 Å². The predicted octanol–water partition coefficient (Wildman–Crippen LogP) is 2.54. The Labute approximate surface area is 107 Å². The molecule has 3 rings (SSSR count). The number of hydrogen-bond acceptors (Lipinski definition) is 2. The maximum absolute atomic E-state index is 9.71. The highest BCUT2D eigenvalue weighted by Crippen LogP contribution is 2.57.